The number of hydrogen-bond acceptors (Lipinski definition) is 21. The fraction of sp³-hybridized carbons (Fsp3) is 0.294. The van der Waals surface area contributed by atoms with Crippen LogP contribution in [0.5, 0.6) is 5.75 Å². The Balaban J connectivity index is 0.000000241. The Kier molecular flexibility index (Phi) is 25.8. The van der Waals surface area contributed by atoms with Gasteiger partial charge in [0.2, 0.25) is 17.8 Å². The molecule has 9 aromatic rings. The summed E-state index contributed by atoms with van der Waals surface area (Å²) in [7, 11) is 0. The summed E-state index contributed by atoms with van der Waals surface area (Å²) in [5, 5.41) is 56.8. The van der Waals surface area contributed by atoms with E-state index in [-0.39, 0.29) is 72.9 Å². The lowest BCUT2D eigenvalue weighted by atomic mass is 9.95. The van der Waals surface area contributed by atoms with Crippen molar-refractivity contribution in [1.29, 1.82) is 0 Å². The lowest BCUT2D eigenvalue weighted by molar-refractivity contribution is -0.143. The molecule has 0 bridgehead atoms. The Morgan fingerprint density at radius 2 is 1.31 bits per heavy atom. The summed E-state index contributed by atoms with van der Waals surface area (Å²) in [5.74, 6) is -6.92. The highest BCUT2D eigenvalue weighted by Gasteiger charge is 2.36. The largest absolute Gasteiger partial charge is 0.513 e. The molecule has 0 saturated heterocycles. The summed E-state index contributed by atoms with van der Waals surface area (Å²) in [6, 6.07) is 26.7. The third-order valence-electron chi connectivity index (χ3n) is 16.1. The van der Waals surface area contributed by atoms with E-state index < -0.39 is 103 Å². The molecule has 5 amide bonds. The Hall–Kier alpha value is -11.3. The number of hydrogen-bond donors (Lipinski definition) is 14. The van der Waals surface area contributed by atoms with Crippen LogP contribution in [0.2, 0.25) is 0 Å². The van der Waals surface area contributed by atoms with E-state index in [1.807, 2.05) is 73.0 Å². The molecule has 34 heteroatoms. The number of para-hydroxylation sites is 1. The number of carbonyl (C=O) groups is 10. The van der Waals surface area contributed by atoms with Crippen molar-refractivity contribution in [2.45, 2.75) is 75.2 Å². The first-order valence-electron chi connectivity index (χ1n) is 31.7. The number of nitrogens with one attached hydrogen (secondary N) is 9. The zero-order valence-electron chi connectivity index (χ0n) is 54.7. The molecule has 0 fully saturated rings. The highest BCUT2D eigenvalue weighted by molar-refractivity contribution is 7.98. The van der Waals surface area contributed by atoms with Gasteiger partial charge in [-0.15, -0.1) is 11.6 Å². The van der Waals surface area contributed by atoms with E-state index in [0.29, 0.717) is 63.8 Å². The minimum absolute atomic E-state index is 0.00405. The van der Waals surface area contributed by atoms with Crippen molar-refractivity contribution < 1.29 is 77.8 Å². The van der Waals surface area contributed by atoms with Gasteiger partial charge < -0.3 is 82.4 Å². The molecule has 15 N–H and O–H groups in total. The topological polar surface area (TPSA) is 475 Å². The number of halogens is 1. The minimum atomic E-state index is -1.57. The quantitative estimate of drug-likeness (QED) is 0.00882. The highest BCUT2D eigenvalue weighted by Crippen LogP contribution is 2.46. The van der Waals surface area contributed by atoms with Gasteiger partial charge in [0.15, 0.2) is 11.2 Å². The number of aliphatic carboxylic acids is 4. The normalized spacial score (nSPS) is 13.6. The molecule has 0 radical (unpaired) electrons. The molecule has 1 aliphatic heterocycles. The maximum atomic E-state index is 14.1. The number of rotatable bonds is 32. The van der Waals surface area contributed by atoms with Crippen LogP contribution in [0.25, 0.3) is 43.7 Å². The average molecular weight is 1460 g/mol. The number of aromatic amines is 3. The third kappa shape index (κ3) is 19.6. The van der Waals surface area contributed by atoms with Crippen molar-refractivity contribution in [3.63, 3.8) is 0 Å². The van der Waals surface area contributed by atoms with Gasteiger partial charge in [-0.2, -0.15) is 28.5 Å². The first-order valence-corrected chi connectivity index (χ1v) is 35.0. The molecule has 102 heavy (non-hydrogen) atoms. The van der Waals surface area contributed by atoms with E-state index in [1.165, 1.54) is 30.1 Å². The molecule has 31 nitrogen and oxygen atoms in total. The van der Waals surface area contributed by atoms with Gasteiger partial charge in [0.05, 0.1) is 24.1 Å². The molecule has 5 atom stereocenters. The van der Waals surface area contributed by atoms with E-state index in [2.05, 4.69) is 61.8 Å². The summed E-state index contributed by atoms with van der Waals surface area (Å²) in [6.45, 7) is 0.924. The third-order valence-corrected chi connectivity index (χ3v) is 17.7. The number of fused-ring (bicyclic) bond motifs is 6. The average Bonchev–Trinajstić information content (AvgIpc) is 1.67. The SMILES string of the molecule is CSCC(NCCCC(NC(=O)CCC(NC(=O)CCC(NC(=O)c1ccc(NCc2cnc3nc(N)[nH]c(=O)c3n2)cc1)C(=O)O)C(=O)O)C(=O)O)C(=O)O.CSCCOC(=O)Oc1cc2c(c3ccccc13)C(CCl)CN2C(=O)c1cc2cc(NC(=O)c3cc4ccccc4[nH]3)ccc2[nH]1. The zero-order valence-corrected chi connectivity index (χ0v) is 57.1. The van der Waals surface area contributed by atoms with Gasteiger partial charge in [0.25, 0.3) is 23.3 Å². The van der Waals surface area contributed by atoms with E-state index in [9.17, 15) is 73.2 Å². The zero-order chi connectivity index (χ0) is 73.1. The van der Waals surface area contributed by atoms with Crippen molar-refractivity contribution in [3.8, 4) is 5.75 Å². The number of H-pyrrole nitrogens is 3. The molecule has 5 aromatic carbocycles. The number of alkyl halides is 1. The van der Waals surface area contributed by atoms with Crippen molar-refractivity contribution in [2.24, 2.45) is 0 Å². The van der Waals surface area contributed by atoms with Crippen molar-refractivity contribution >= 4 is 161 Å². The number of anilines is 4. The fourth-order valence-corrected chi connectivity index (χ4v) is 12.2. The number of nitrogen functional groups attached to an aromatic ring is 1. The summed E-state index contributed by atoms with van der Waals surface area (Å²) in [4.78, 5) is 159. The van der Waals surface area contributed by atoms with Crippen molar-refractivity contribution in [2.75, 3.05) is 70.9 Å². The number of carboxylic acids is 4. The maximum Gasteiger partial charge on any atom is 0.513 e. The van der Waals surface area contributed by atoms with Crippen LogP contribution in [-0.4, -0.2) is 184 Å². The van der Waals surface area contributed by atoms with Crippen LogP contribution in [-0.2, 0) is 40.0 Å². The Bertz CT molecular complexity index is 4660. The summed E-state index contributed by atoms with van der Waals surface area (Å²) in [5.41, 5.74) is 10.7. The summed E-state index contributed by atoms with van der Waals surface area (Å²) >= 11 is 9.33. The number of nitrogens with two attached hydrogens (primary N) is 1. The van der Waals surface area contributed by atoms with Crippen LogP contribution >= 0.6 is 35.1 Å². The van der Waals surface area contributed by atoms with Gasteiger partial charge in [0.1, 0.15) is 47.9 Å². The van der Waals surface area contributed by atoms with Gasteiger partial charge in [-0.3, -0.25) is 38.5 Å². The number of ether oxygens (including phenoxy) is 2. The second-order valence-corrected chi connectivity index (χ2v) is 25.4. The van der Waals surface area contributed by atoms with Crippen molar-refractivity contribution in [1.82, 2.24) is 51.2 Å². The lowest BCUT2D eigenvalue weighted by Gasteiger charge is -2.18. The van der Waals surface area contributed by atoms with Gasteiger partial charge in [-0.05, 0) is 116 Å². The van der Waals surface area contributed by atoms with Crippen molar-refractivity contribution in [3.05, 3.63) is 154 Å². The predicted molar refractivity (Wildman–Crippen MR) is 384 cm³/mol. The monoisotopic (exact) mass is 1450 g/mol. The smallest absolute Gasteiger partial charge is 0.480 e. The molecule has 4 aromatic heterocycles. The fourth-order valence-electron chi connectivity index (χ4n) is 11.1. The number of amides is 5. The Morgan fingerprint density at radius 3 is 1.98 bits per heavy atom. The molecule has 0 spiro atoms. The molecule has 0 aliphatic carbocycles. The first kappa shape index (κ1) is 74.9. The van der Waals surface area contributed by atoms with Crippen LogP contribution in [0.1, 0.15) is 87.0 Å². The molecule has 10 rings (SSSR count). The van der Waals surface area contributed by atoms with Gasteiger partial charge in [0, 0.05) is 92.9 Å². The van der Waals surface area contributed by atoms with E-state index in [4.69, 9.17) is 26.8 Å². The standard InChI is InChI=1S/C35H29ClN4O5S.C33H42N10O12S/c1-46-13-12-44-35(43)45-31-17-30-32(25-8-4-3-7-24(25)31)22(18-36)19-40(30)34(42)29-16-21-14-23(10-11-27(21)39-29)37-33(41)28-15-20-6-2-5-9-26(20)38-28;1-56-15-22(32(54)55)35-12-2-3-19(29(48)49)39-23(44)10-8-20(30(50)51)40-24(45)11-9-21(31(52)53)41-27(46)16-4-6-17(7-5-16)36-13-18-14-37-26-25(38-18)28(47)43-33(34)42-26/h2-11,14-17,22,38-39H,12-13,18-19H2,1H3,(H,37,41);4-7,14,19-22,35-36H,2-3,8-13,15H2,1H3,(H,39,44)(H,40,45)(H,41,46)(H,48,49)(H,50,51)(H,52,53)(H,54,55)(H3,34,37,42,43,47). The number of nitrogens with zero attached hydrogens (tertiary/aromatic N) is 4. The van der Waals surface area contributed by atoms with E-state index in [0.717, 1.165) is 38.1 Å². The first-order chi connectivity index (χ1) is 49.0. The second-order valence-electron chi connectivity index (χ2n) is 23.2. The Labute approximate surface area is 593 Å². The summed E-state index contributed by atoms with van der Waals surface area (Å²) in [6.07, 6.45) is 2.67. The molecular formula is C68H71ClN14O17S2. The highest BCUT2D eigenvalue weighted by atomic mass is 35.5. The van der Waals surface area contributed by atoms with E-state index >= 15 is 0 Å². The van der Waals surface area contributed by atoms with Gasteiger partial charge in [-0.25, -0.2) is 29.1 Å². The van der Waals surface area contributed by atoms with Gasteiger partial charge in [-0.1, -0.05) is 42.5 Å². The second kappa shape index (κ2) is 35.2. The molecule has 5 unspecified atom stereocenters. The number of carboxylic acid groups (broad SMARTS) is 4. The van der Waals surface area contributed by atoms with Crippen LogP contribution < -0.4 is 52.8 Å². The van der Waals surface area contributed by atoms with Crippen LogP contribution in [0.15, 0.2) is 120 Å². The summed E-state index contributed by atoms with van der Waals surface area (Å²) < 4.78 is 10.9. The lowest BCUT2D eigenvalue weighted by Crippen LogP contribution is -2.45. The minimum Gasteiger partial charge on any atom is -0.480 e. The number of carbonyl (C=O) groups excluding carboxylic acids is 6. The van der Waals surface area contributed by atoms with Gasteiger partial charge >= 0.3 is 30.0 Å². The maximum absolute atomic E-state index is 14.1. The molecule has 534 valence electrons. The molecular weight excluding hydrogens is 1380 g/mol. The van der Waals surface area contributed by atoms with Crippen LogP contribution in [0.3, 0.4) is 0 Å². The Morgan fingerprint density at radius 1 is 0.686 bits per heavy atom. The molecule has 1 aliphatic rings. The molecule has 0 saturated carbocycles. The van der Waals surface area contributed by atoms with E-state index in [1.54, 1.807) is 53.2 Å². The van der Waals surface area contributed by atoms with Crippen LogP contribution in [0.4, 0.5) is 27.8 Å². The number of benzene rings is 5. The number of thioether (sulfide) groups is 2. The molecule has 5 heterocycles. The van der Waals surface area contributed by atoms with Crippen LogP contribution in [0, 0.1) is 0 Å². The predicted octanol–water partition coefficient (Wildman–Crippen LogP) is 6.89. The number of aromatic nitrogens is 6.